The van der Waals surface area contributed by atoms with Gasteiger partial charge in [-0.2, -0.15) is 18.4 Å². The number of benzene rings is 2. The Kier molecular flexibility index (Phi) is 4.48. The second-order valence-electron chi connectivity index (χ2n) is 4.99. The first-order chi connectivity index (χ1) is 10.7. The molecule has 2 aromatic carbocycles. The lowest BCUT2D eigenvalue weighted by Gasteiger charge is -2.13. The smallest absolute Gasteiger partial charge is 0.222 e. The molecule has 1 unspecified atom stereocenters. The van der Waals surface area contributed by atoms with E-state index in [9.17, 15) is 26.9 Å². The van der Waals surface area contributed by atoms with Crippen molar-refractivity contribution in [2.45, 2.75) is 23.2 Å². The molecule has 0 N–H and O–H groups in total. The van der Waals surface area contributed by atoms with Gasteiger partial charge in [0.15, 0.2) is 15.1 Å². The molecule has 0 aromatic heterocycles. The molecular weight excluding hydrogens is 327 g/mol. The Morgan fingerprint density at radius 3 is 1.96 bits per heavy atom. The number of nitrogens with zero attached hydrogens (tertiary/aromatic N) is 1. The number of aryl methyl sites for hydroxylation is 1. The topological polar surface area (TPSA) is 57.9 Å². The second kappa shape index (κ2) is 6.05. The van der Waals surface area contributed by atoms with Crippen LogP contribution in [0.25, 0.3) is 0 Å². The molecule has 0 radical (unpaired) electrons. The van der Waals surface area contributed by atoms with E-state index in [4.69, 9.17) is 0 Å². The van der Waals surface area contributed by atoms with Gasteiger partial charge in [-0.05, 0) is 36.8 Å². The number of nitriles is 1. The van der Waals surface area contributed by atoms with Crippen molar-refractivity contribution >= 4 is 9.84 Å². The molecule has 2 aromatic rings. The fourth-order valence-corrected chi connectivity index (χ4v) is 3.48. The highest BCUT2D eigenvalue weighted by Gasteiger charge is 2.32. The van der Waals surface area contributed by atoms with Gasteiger partial charge in [0.05, 0.1) is 16.5 Å². The van der Waals surface area contributed by atoms with E-state index < -0.39 is 26.8 Å². The summed E-state index contributed by atoms with van der Waals surface area (Å²) in [7, 11) is -4.01. The first-order valence-electron chi connectivity index (χ1n) is 6.53. The van der Waals surface area contributed by atoms with E-state index in [1.54, 1.807) is 25.1 Å². The Morgan fingerprint density at radius 2 is 1.52 bits per heavy atom. The largest absolute Gasteiger partial charge is 0.416 e. The van der Waals surface area contributed by atoms with Crippen molar-refractivity contribution in [2.24, 2.45) is 0 Å². The summed E-state index contributed by atoms with van der Waals surface area (Å²) in [5, 5.41) is 7.65. The average Bonchev–Trinajstić information content (AvgIpc) is 2.48. The standard InChI is InChI=1S/C16H12F3NO2S/c1-11-2-8-14(9-3-11)23(21,22)15(10-20)12-4-6-13(7-5-12)16(17,18)19/h2-9,15H,1H3. The Balaban J connectivity index is 2.43. The van der Waals surface area contributed by atoms with Crippen LogP contribution >= 0.6 is 0 Å². The highest BCUT2D eigenvalue weighted by molar-refractivity contribution is 7.92. The van der Waals surface area contributed by atoms with Gasteiger partial charge in [0.2, 0.25) is 0 Å². The molecular formula is C16H12F3NO2S. The van der Waals surface area contributed by atoms with Crippen molar-refractivity contribution < 1.29 is 21.6 Å². The Morgan fingerprint density at radius 1 is 1.00 bits per heavy atom. The molecule has 0 saturated carbocycles. The van der Waals surface area contributed by atoms with Crippen LogP contribution in [-0.2, 0) is 16.0 Å². The van der Waals surface area contributed by atoms with E-state index in [1.165, 1.54) is 12.1 Å². The van der Waals surface area contributed by atoms with Crippen LogP contribution in [0.1, 0.15) is 21.9 Å². The van der Waals surface area contributed by atoms with Crippen molar-refractivity contribution in [1.29, 1.82) is 5.26 Å². The summed E-state index contributed by atoms with van der Waals surface area (Å²) in [5.74, 6) is 0. The number of sulfone groups is 1. The zero-order valence-electron chi connectivity index (χ0n) is 12.0. The third kappa shape index (κ3) is 3.54. The molecule has 0 amide bonds. The molecule has 0 heterocycles. The number of alkyl halides is 3. The molecule has 0 spiro atoms. The zero-order chi connectivity index (χ0) is 17.3. The highest BCUT2D eigenvalue weighted by atomic mass is 32.2. The maximum atomic E-state index is 12.6. The fraction of sp³-hybridized carbons (Fsp3) is 0.188. The lowest BCUT2D eigenvalue weighted by molar-refractivity contribution is -0.137. The van der Waals surface area contributed by atoms with Gasteiger partial charge in [-0.25, -0.2) is 8.42 Å². The summed E-state index contributed by atoms with van der Waals surface area (Å²) in [6, 6.07) is 11.2. The molecule has 0 aliphatic rings. The van der Waals surface area contributed by atoms with Crippen LogP contribution in [0.3, 0.4) is 0 Å². The van der Waals surface area contributed by atoms with Gasteiger partial charge in [-0.15, -0.1) is 0 Å². The van der Waals surface area contributed by atoms with Gasteiger partial charge in [-0.1, -0.05) is 29.8 Å². The van der Waals surface area contributed by atoms with Crippen molar-refractivity contribution in [3.05, 3.63) is 65.2 Å². The molecule has 7 heteroatoms. The molecule has 0 saturated heterocycles. The van der Waals surface area contributed by atoms with Crippen LogP contribution < -0.4 is 0 Å². The maximum Gasteiger partial charge on any atom is 0.416 e. The molecule has 0 aliphatic carbocycles. The predicted molar refractivity (Wildman–Crippen MR) is 78.2 cm³/mol. The number of hydrogen-bond donors (Lipinski definition) is 0. The molecule has 23 heavy (non-hydrogen) atoms. The van der Waals surface area contributed by atoms with Gasteiger partial charge in [-0.3, -0.25) is 0 Å². The van der Waals surface area contributed by atoms with Gasteiger partial charge in [0.1, 0.15) is 0 Å². The monoisotopic (exact) mass is 339 g/mol. The normalized spacial score (nSPS) is 13.3. The van der Waals surface area contributed by atoms with Crippen LogP contribution in [0.15, 0.2) is 53.4 Å². The average molecular weight is 339 g/mol. The van der Waals surface area contributed by atoms with Crippen LogP contribution in [-0.4, -0.2) is 8.42 Å². The van der Waals surface area contributed by atoms with Gasteiger partial charge < -0.3 is 0 Å². The minimum Gasteiger partial charge on any atom is -0.222 e. The van der Waals surface area contributed by atoms with E-state index in [0.717, 1.165) is 29.8 Å². The van der Waals surface area contributed by atoms with Gasteiger partial charge in [0.25, 0.3) is 0 Å². The maximum absolute atomic E-state index is 12.6. The quantitative estimate of drug-likeness (QED) is 0.847. The van der Waals surface area contributed by atoms with E-state index in [2.05, 4.69) is 0 Å². The lowest BCUT2D eigenvalue weighted by atomic mass is 10.1. The minimum atomic E-state index is -4.52. The molecule has 0 bridgehead atoms. The summed E-state index contributed by atoms with van der Waals surface area (Å²) >= 11 is 0. The summed E-state index contributed by atoms with van der Waals surface area (Å²) in [5.41, 5.74) is -0.0428. The zero-order valence-corrected chi connectivity index (χ0v) is 12.8. The fourth-order valence-electron chi connectivity index (χ4n) is 2.03. The molecule has 3 nitrogen and oxygen atoms in total. The van der Waals surface area contributed by atoms with Crippen molar-refractivity contribution in [1.82, 2.24) is 0 Å². The van der Waals surface area contributed by atoms with Crippen molar-refractivity contribution in [2.75, 3.05) is 0 Å². The number of halogens is 3. The van der Waals surface area contributed by atoms with Crippen LogP contribution in [0.2, 0.25) is 0 Å². The Hall–Kier alpha value is -2.33. The highest BCUT2D eigenvalue weighted by Crippen LogP contribution is 2.33. The van der Waals surface area contributed by atoms with E-state index >= 15 is 0 Å². The first-order valence-corrected chi connectivity index (χ1v) is 8.08. The molecule has 1 atom stereocenters. The van der Waals surface area contributed by atoms with Crippen LogP contribution in [0, 0.1) is 18.3 Å². The molecule has 2 rings (SSSR count). The third-order valence-electron chi connectivity index (χ3n) is 3.32. The SMILES string of the molecule is Cc1ccc(S(=O)(=O)C(C#N)c2ccc(C(F)(F)F)cc2)cc1. The first kappa shape index (κ1) is 17.0. The minimum absolute atomic E-state index is 0.000995. The van der Waals surface area contributed by atoms with Gasteiger partial charge >= 0.3 is 6.18 Å². The summed E-state index contributed by atoms with van der Waals surface area (Å²) < 4.78 is 62.7. The number of rotatable bonds is 3. The Labute approximate surface area is 131 Å². The molecule has 0 aliphatic heterocycles. The third-order valence-corrected chi connectivity index (χ3v) is 5.25. The van der Waals surface area contributed by atoms with Crippen LogP contribution in [0.4, 0.5) is 13.2 Å². The van der Waals surface area contributed by atoms with Crippen LogP contribution in [0.5, 0.6) is 0 Å². The van der Waals surface area contributed by atoms with Crippen molar-refractivity contribution in [3.63, 3.8) is 0 Å². The molecule has 0 fully saturated rings. The second-order valence-corrected chi connectivity index (χ2v) is 7.02. The van der Waals surface area contributed by atoms with E-state index in [-0.39, 0.29) is 10.5 Å². The predicted octanol–water partition coefficient (Wildman–Crippen LogP) is 4.05. The summed E-state index contributed by atoms with van der Waals surface area (Å²) in [6.07, 6.45) is -4.52. The Bertz CT molecular complexity index is 833. The summed E-state index contributed by atoms with van der Waals surface area (Å²) in [4.78, 5) is -0.0467. The van der Waals surface area contributed by atoms with E-state index in [1.807, 2.05) is 0 Å². The van der Waals surface area contributed by atoms with E-state index in [0.29, 0.717) is 0 Å². The molecule has 120 valence electrons. The van der Waals surface area contributed by atoms with Gasteiger partial charge in [0, 0.05) is 0 Å². The van der Waals surface area contributed by atoms with Crippen molar-refractivity contribution in [3.8, 4) is 6.07 Å². The summed E-state index contributed by atoms with van der Waals surface area (Å²) in [6.45, 7) is 1.79. The number of hydrogen-bond acceptors (Lipinski definition) is 3. The lowest BCUT2D eigenvalue weighted by Crippen LogP contribution is -2.13.